The van der Waals surface area contributed by atoms with Crippen LogP contribution in [0.15, 0.2) is 18.3 Å². The van der Waals surface area contributed by atoms with E-state index in [1.165, 1.54) is 0 Å². The molecule has 0 bridgehead atoms. The molecule has 0 aromatic carbocycles. The number of hydrogen-bond donors (Lipinski definition) is 2. The first-order valence-corrected chi connectivity index (χ1v) is 10.1. The smallest absolute Gasteiger partial charge is 0.243 e. The van der Waals surface area contributed by atoms with Gasteiger partial charge in [0.2, 0.25) is 11.8 Å². The van der Waals surface area contributed by atoms with Gasteiger partial charge in [0.15, 0.2) is 0 Å². The summed E-state index contributed by atoms with van der Waals surface area (Å²) < 4.78 is 5.74. The summed E-state index contributed by atoms with van der Waals surface area (Å²) in [6.45, 7) is 9.52. The van der Waals surface area contributed by atoms with E-state index in [2.05, 4.69) is 10.3 Å². The van der Waals surface area contributed by atoms with Gasteiger partial charge >= 0.3 is 0 Å². The first kappa shape index (κ1) is 26.6. The number of aromatic nitrogens is 1. The van der Waals surface area contributed by atoms with Crippen molar-refractivity contribution >= 4 is 42.4 Å². The van der Waals surface area contributed by atoms with Crippen LogP contribution in [0.1, 0.15) is 45.6 Å². The quantitative estimate of drug-likeness (QED) is 0.703. The molecule has 0 spiro atoms. The Morgan fingerprint density at radius 2 is 2.03 bits per heavy atom. The number of piperidine rings is 1. The highest BCUT2D eigenvalue weighted by atomic mass is 35.5. The van der Waals surface area contributed by atoms with Gasteiger partial charge in [-0.25, -0.2) is 4.98 Å². The Morgan fingerprint density at radius 3 is 2.60 bits per heavy atom. The number of pyridine rings is 1. The minimum absolute atomic E-state index is 0. The third-order valence-electron chi connectivity index (χ3n) is 6.45. The Balaban J connectivity index is 0.00000225. The van der Waals surface area contributed by atoms with Crippen molar-refractivity contribution in [3.8, 4) is 0 Å². The molecule has 1 saturated carbocycles. The topological polar surface area (TPSA) is 97.5 Å². The molecular formula is C21H34Cl2N4O3. The van der Waals surface area contributed by atoms with E-state index in [-0.39, 0.29) is 48.7 Å². The highest BCUT2D eigenvalue weighted by Gasteiger charge is 2.63. The summed E-state index contributed by atoms with van der Waals surface area (Å²) >= 11 is 0. The van der Waals surface area contributed by atoms with Gasteiger partial charge in [0.05, 0.1) is 12.0 Å². The molecule has 170 valence electrons. The number of nitrogens with two attached hydrogens (primary N) is 1. The normalized spacial score (nSPS) is 27.2. The van der Waals surface area contributed by atoms with Crippen molar-refractivity contribution < 1.29 is 14.3 Å². The molecule has 1 aromatic heterocycles. The van der Waals surface area contributed by atoms with Gasteiger partial charge in [-0.15, -0.1) is 24.8 Å². The number of hydrogen-bond acceptors (Lipinski definition) is 5. The molecule has 0 radical (unpaired) electrons. The van der Waals surface area contributed by atoms with Gasteiger partial charge in [-0.3, -0.25) is 9.59 Å². The molecule has 1 aliphatic carbocycles. The zero-order valence-corrected chi connectivity index (χ0v) is 19.8. The summed E-state index contributed by atoms with van der Waals surface area (Å²) in [4.78, 5) is 31.9. The second kappa shape index (κ2) is 10.3. The van der Waals surface area contributed by atoms with E-state index < -0.39 is 11.0 Å². The maximum atomic E-state index is 13.2. The number of carbonyl (C=O) groups is 2. The van der Waals surface area contributed by atoms with Gasteiger partial charge in [-0.2, -0.15) is 0 Å². The van der Waals surface area contributed by atoms with Crippen molar-refractivity contribution in [2.45, 2.75) is 58.6 Å². The van der Waals surface area contributed by atoms with Crippen LogP contribution in [-0.4, -0.2) is 53.0 Å². The van der Waals surface area contributed by atoms with Gasteiger partial charge in [-0.1, -0.05) is 19.9 Å². The molecule has 2 amide bonds. The number of nitrogens with zero attached hydrogens (tertiary/aromatic N) is 2. The van der Waals surface area contributed by atoms with Gasteiger partial charge in [0.25, 0.3) is 0 Å². The highest BCUT2D eigenvalue weighted by Crippen LogP contribution is 2.50. The van der Waals surface area contributed by atoms with Gasteiger partial charge in [0.1, 0.15) is 11.4 Å². The Hall–Kier alpha value is -1.41. The highest BCUT2D eigenvalue weighted by molar-refractivity contribution is 5.93. The molecule has 1 aliphatic heterocycles. The lowest BCUT2D eigenvalue weighted by molar-refractivity contribution is -0.180. The van der Waals surface area contributed by atoms with Crippen LogP contribution in [0.4, 0.5) is 5.82 Å². The van der Waals surface area contributed by atoms with Gasteiger partial charge in [-0.05, 0) is 38.3 Å². The molecule has 9 heteroatoms. The van der Waals surface area contributed by atoms with E-state index in [1.807, 2.05) is 33.8 Å². The molecule has 2 aliphatic rings. The number of anilines is 1. The fourth-order valence-electron chi connectivity index (χ4n) is 4.23. The van der Waals surface area contributed by atoms with Crippen molar-refractivity contribution in [3.05, 3.63) is 23.9 Å². The number of amides is 2. The number of aryl methyl sites for hydroxylation is 1. The summed E-state index contributed by atoms with van der Waals surface area (Å²) in [6, 6.07) is 3.70. The number of halogens is 2. The number of ether oxygens (including phenoxy) is 1. The van der Waals surface area contributed by atoms with Crippen LogP contribution < -0.4 is 11.1 Å². The van der Waals surface area contributed by atoms with E-state index in [0.29, 0.717) is 31.9 Å². The minimum atomic E-state index is -0.941. The van der Waals surface area contributed by atoms with E-state index in [9.17, 15) is 9.59 Å². The van der Waals surface area contributed by atoms with Crippen LogP contribution in [0, 0.1) is 18.3 Å². The van der Waals surface area contributed by atoms with Crippen molar-refractivity contribution in [3.63, 3.8) is 0 Å². The molecule has 30 heavy (non-hydrogen) atoms. The standard InChI is InChI=1S/C21H32N4O3.2ClH/c1-5-28-16-11-21(22,20(16,3)4)19(27)25-10-6-7-15(13-25)18(26)24-17-9-8-14(2)12-23-17;;/h8-9,12,15-16H,5-7,10-11,13,22H2,1-4H3,(H,23,24,26);2*1H. The Labute approximate surface area is 191 Å². The van der Waals surface area contributed by atoms with Crippen LogP contribution in [0.25, 0.3) is 0 Å². The number of rotatable bonds is 5. The molecule has 3 atom stereocenters. The third kappa shape index (κ3) is 4.90. The van der Waals surface area contributed by atoms with Crippen molar-refractivity contribution in [1.29, 1.82) is 0 Å². The van der Waals surface area contributed by atoms with E-state index >= 15 is 0 Å². The van der Waals surface area contributed by atoms with Crippen LogP contribution >= 0.6 is 24.8 Å². The zero-order chi connectivity index (χ0) is 20.5. The molecule has 3 unspecified atom stereocenters. The number of nitrogens with one attached hydrogen (secondary N) is 1. The van der Waals surface area contributed by atoms with Crippen LogP contribution in [0.3, 0.4) is 0 Å². The zero-order valence-electron chi connectivity index (χ0n) is 18.1. The molecule has 1 aromatic rings. The maximum absolute atomic E-state index is 13.2. The summed E-state index contributed by atoms with van der Waals surface area (Å²) in [5.41, 5.74) is 6.22. The van der Waals surface area contributed by atoms with Crippen molar-refractivity contribution in [2.75, 3.05) is 25.0 Å². The first-order chi connectivity index (χ1) is 13.2. The lowest BCUT2D eigenvalue weighted by atomic mass is 9.54. The molecule has 3 rings (SSSR count). The predicted octanol–water partition coefficient (Wildman–Crippen LogP) is 2.94. The monoisotopic (exact) mass is 460 g/mol. The summed E-state index contributed by atoms with van der Waals surface area (Å²) in [7, 11) is 0. The second-order valence-corrected chi connectivity index (χ2v) is 8.64. The van der Waals surface area contributed by atoms with Crippen molar-refractivity contribution in [1.82, 2.24) is 9.88 Å². The molecule has 2 heterocycles. The minimum Gasteiger partial charge on any atom is -0.378 e. The number of likely N-dealkylation sites (tertiary alicyclic amines) is 1. The lowest BCUT2D eigenvalue weighted by Gasteiger charge is -2.59. The summed E-state index contributed by atoms with van der Waals surface area (Å²) in [5.74, 6) is 0.115. The van der Waals surface area contributed by atoms with Crippen LogP contribution in [-0.2, 0) is 14.3 Å². The third-order valence-corrected chi connectivity index (χ3v) is 6.45. The largest absolute Gasteiger partial charge is 0.378 e. The molecule has 1 saturated heterocycles. The fourth-order valence-corrected chi connectivity index (χ4v) is 4.23. The molecule has 3 N–H and O–H groups in total. The second-order valence-electron chi connectivity index (χ2n) is 8.64. The SMILES string of the molecule is CCOC1CC(N)(C(=O)N2CCCC(C(=O)Nc3ccc(C)cn3)C2)C1(C)C.Cl.Cl. The van der Waals surface area contributed by atoms with Crippen LogP contribution in [0.5, 0.6) is 0 Å². The maximum Gasteiger partial charge on any atom is 0.243 e. The van der Waals surface area contributed by atoms with E-state index in [0.717, 1.165) is 18.4 Å². The molecule has 2 fully saturated rings. The Kier molecular flexibility index (Phi) is 9.11. The van der Waals surface area contributed by atoms with Crippen LogP contribution in [0.2, 0.25) is 0 Å². The average molecular weight is 461 g/mol. The first-order valence-electron chi connectivity index (χ1n) is 10.1. The Morgan fingerprint density at radius 1 is 1.33 bits per heavy atom. The molecular weight excluding hydrogens is 427 g/mol. The Bertz CT molecular complexity index is 744. The lowest BCUT2D eigenvalue weighted by Crippen LogP contribution is -2.76. The fraction of sp³-hybridized carbons (Fsp3) is 0.667. The number of carbonyl (C=O) groups excluding carboxylic acids is 2. The molecule has 7 nitrogen and oxygen atoms in total. The van der Waals surface area contributed by atoms with E-state index in [4.69, 9.17) is 10.5 Å². The van der Waals surface area contributed by atoms with Crippen molar-refractivity contribution in [2.24, 2.45) is 17.1 Å². The summed E-state index contributed by atoms with van der Waals surface area (Å²) in [5, 5.41) is 2.87. The average Bonchev–Trinajstić information content (AvgIpc) is 2.69. The van der Waals surface area contributed by atoms with E-state index in [1.54, 1.807) is 17.2 Å². The predicted molar refractivity (Wildman–Crippen MR) is 122 cm³/mol. The van der Waals surface area contributed by atoms with Gasteiger partial charge < -0.3 is 20.7 Å². The van der Waals surface area contributed by atoms with Gasteiger partial charge in [0, 0.05) is 37.7 Å². The summed E-state index contributed by atoms with van der Waals surface area (Å²) in [6.07, 6.45) is 3.77.